The van der Waals surface area contributed by atoms with Gasteiger partial charge in [0.15, 0.2) is 6.20 Å². The van der Waals surface area contributed by atoms with Crippen LogP contribution in [0.25, 0.3) is 44.0 Å². The van der Waals surface area contributed by atoms with Gasteiger partial charge in [0.05, 0.1) is 16.6 Å². The van der Waals surface area contributed by atoms with Gasteiger partial charge in [-0.25, -0.2) is 0 Å². The maximum atomic E-state index is 13.1. The van der Waals surface area contributed by atoms with Gasteiger partial charge in [0.2, 0.25) is 0 Å². The first-order valence-electron chi connectivity index (χ1n) is 9.44. The van der Waals surface area contributed by atoms with Crippen LogP contribution in [0.3, 0.4) is 0 Å². The lowest BCUT2D eigenvalue weighted by atomic mass is 10.1. The van der Waals surface area contributed by atoms with E-state index in [0.29, 0.717) is 19.2 Å². The molecule has 0 spiro atoms. The smallest absolute Gasteiger partial charge is 0.250 e. The third-order valence-electron chi connectivity index (χ3n) is 5.40. The van der Waals surface area contributed by atoms with Gasteiger partial charge < -0.3 is 23.8 Å². The van der Waals surface area contributed by atoms with E-state index >= 15 is 0 Å². The van der Waals surface area contributed by atoms with E-state index in [0.717, 1.165) is 43.0 Å². The summed E-state index contributed by atoms with van der Waals surface area (Å²) < 4.78 is 15.9. The van der Waals surface area contributed by atoms with Gasteiger partial charge in [-0.05, 0) is 12.1 Å². The molecule has 0 amide bonds. The Labute approximate surface area is 167 Å². The summed E-state index contributed by atoms with van der Waals surface area (Å²) in [6, 6.07) is 18.1. The molecule has 0 fully saturated rings. The van der Waals surface area contributed by atoms with Gasteiger partial charge in [-0.3, -0.25) is 0 Å². The summed E-state index contributed by atoms with van der Waals surface area (Å²) in [5, 5.41) is 16.2. The molecule has 0 unspecified atom stereocenters. The lowest BCUT2D eigenvalue weighted by molar-refractivity contribution is -0.592. The lowest BCUT2D eigenvalue weighted by Crippen LogP contribution is -2.29. The summed E-state index contributed by atoms with van der Waals surface area (Å²) in [4.78, 5) is 0. The zero-order valence-electron chi connectivity index (χ0n) is 16.3. The number of aromatic nitrogens is 3. The molecular formula is C23H21N3O3. The molecule has 0 bridgehead atoms. The predicted octanol–water partition coefficient (Wildman–Crippen LogP) is 4.26. The standard InChI is InChI=1S/C23H21N3O3/c1-28-14-24-13-19(17-8-3-5-9-20(17)24)23-22-18(11-12-26(23)27)16-7-4-6-10-21(16)25(22)15-29-2/h3-13H,14-15H2,1-2H3. The van der Waals surface area contributed by atoms with E-state index < -0.39 is 0 Å². The highest BCUT2D eigenvalue weighted by molar-refractivity contribution is 6.13. The van der Waals surface area contributed by atoms with Crippen LogP contribution in [-0.4, -0.2) is 23.4 Å². The zero-order valence-corrected chi connectivity index (χ0v) is 16.3. The fourth-order valence-corrected chi connectivity index (χ4v) is 4.27. The minimum absolute atomic E-state index is 0.359. The van der Waals surface area contributed by atoms with Crippen molar-refractivity contribution in [2.24, 2.45) is 0 Å². The fraction of sp³-hybridized carbons (Fsp3) is 0.174. The zero-order chi connectivity index (χ0) is 20.0. The van der Waals surface area contributed by atoms with Gasteiger partial charge in [-0.15, -0.1) is 0 Å². The van der Waals surface area contributed by atoms with Crippen LogP contribution in [0.5, 0.6) is 0 Å². The van der Waals surface area contributed by atoms with Gasteiger partial charge in [-0.1, -0.05) is 36.4 Å². The molecule has 0 radical (unpaired) electrons. The Morgan fingerprint density at radius 3 is 2.28 bits per heavy atom. The van der Waals surface area contributed by atoms with Crippen LogP contribution < -0.4 is 4.73 Å². The number of para-hydroxylation sites is 2. The first-order chi connectivity index (χ1) is 14.2. The molecule has 6 heteroatoms. The van der Waals surface area contributed by atoms with Gasteiger partial charge in [0.25, 0.3) is 5.69 Å². The molecule has 0 aliphatic rings. The van der Waals surface area contributed by atoms with E-state index in [9.17, 15) is 5.21 Å². The minimum atomic E-state index is 0.359. The van der Waals surface area contributed by atoms with E-state index in [-0.39, 0.29) is 0 Å². The van der Waals surface area contributed by atoms with E-state index in [1.807, 2.05) is 53.2 Å². The summed E-state index contributed by atoms with van der Waals surface area (Å²) in [5.74, 6) is 0. The Balaban J connectivity index is 1.94. The highest BCUT2D eigenvalue weighted by Gasteiger charge is 2.25. The summed E-state index contributed by atoms with van der Waals surface area (Å²) in [6.07, 6.45) is 3.58. The van der Waals surface area contributed by atoms with Crippen LogP contribution in [0, 0.1) is 5.21 Å². The molecule has 0 aliphatic carbocycles. The highest BCUT2D eigenvalue weighted by atomic mass is 16.5. The fourth-order valence-electron chi connectivity index (χ4n) is 4.27. The molecule has 6 nitrogen and oxygen atoms in total. The van der Waals surface area contributed by atoms with E-state index in [1.54, 1.807) is 20.4 Å². The molecule has 2 aromatic carbocycles. The van der Waals surface area contributed by atoms with Gasteiger partial charge in [0.1, 0.15) is 19.0 Å². The molecule has 5 rings (SSSR count). The number of nitrogens with zero attached hydrogens (tertiary/aromatic N) is 3. The summed E-state index contributed by atoms with van der Waals surface area (Å²) in [5.41, 5.74) is 4.42. The molecule has 0 N–H and O–H groups in total. The number of pyridine rings is 1. The number of hydrogen-bond donors (Lipinski definition) is 0. The lowest BCUT2D eigenvalue weighted by Gasteiger charge is -2.10. The number of ether oxygens (including phenoxy) is 2. The monoisotopic (exact) mass is 387 g/mol. The largest absolute Gasteiger partial charge is 0.618 e. The second-order valence-electron chi connectivity index (χ2n) is 7.06. The molecular weight excluding hydrogens is 366 g/mol. The van der Waals surface area contributed by atoms with Crippen LogP contribution in [0.1, 0.15) is 0 Å². The second-order valence-corrected chi connectivity index (χ2v) is 7.06. The summed E-state index contributed by atoms with van der Waals surface area (Å²) in [7, 11) is 3.33. The quantitative estimate of drug-likeness (QED) is 0.334. The summed E-state index contributed by atoms with van der Waals surface area (Å²) in [6.45, 7) is 0.772. The number of benzene rings is 2. The molecule has 0 atom stereocenters. The first-order valence-corrected chi connectivity index (χ1v) is 9.44. The van der Waals surface area contributed by atoms with Crippen molar-refractivity contribution in [3.63, 3.8) is 0 Å². The third-order valence-corrected chi connectivity index (χ3v) is 5.40. The normalized spacial score (nSPS) is 11.8. The molecule has 0 saturated heterocycles. The van der Waals surface area contributed by atoms with Crippen molar-refractivity contribution >= 4 is 32.7 Å². The van der Waals surface area contributed by atoms with Crippen LogP contribution in [-0.2, 0) is 22.9 Å². The number of hydrogen-bond acceptors (Lipinski definition) is 3. The van der Waals surface area contributed by atoms with Crippen LogP contribution in [0.2, 0.25) is 0 Å². The Kier molecular flexibility index (Phi) is 4.23. The van der Waals surface area contributed by atoms with Gasteiger partial charge >= 0.3 is 0 Å². The van der Waals surface area contributed by atoms with E-state index in [1.165, 1.54) is 0 Å². The SMILES string of the molecule is COCn1cc(-c2c3c(cc[n+]2[O-])c2ccccc2n3COC)c2ccccc21. The molecule has 3 heterocycles. The van der Waals surface area contributed by atoms with Crippen molar-refractivity contribution in [1.29, 1.82) is 0 Å². The Morgan fingerprint density at radius 1 is 0.828 bits per heavy atom. The van der Waals surface area contributed by atoms with Gasteiger partial charge in [0, 0.05) is 42.6 Å². The van der Waals surface area contributed by atoms with Crippen molar-refractivity contribution in [3.8, 4) is 11.3 Å². The average molecular weight is 387 g/mol. The van der Waals surface area contributed by atoms with Crippen molar-refractivity contribution in [2.45, 2.75) is 13.5 Å². The van der Waals surface area contributed by atoms with Crippen LogP contribution in [0.15, 0.2) is 67.0 Å². The van der Waals surface area contributed by atoms with Crippen molar-refractivity contribution in [2.75, 3.05) is 14.2 Å². The number of methoxy groups -OCH3 is 2. The Bertz CT molecular complexity index is 1350. The first kappa shape index (κ1) is 17.7. The second kappa shape index (κ2) is 6.92. The summed E-state index contributed by atoms with van der Waals surface area (Å²) >= 11 is 0. The van der Waals surface area contributed by atoms with Crippen LogP contribution in [0.4, 0.5) is 0 Å². The van der Waals surface area contributed by atoms with Crippen molar-refractivity contribution < 1.29 is 14.2 Å². The van der Waals surface area contributed by atoms with Crippen molar-refractivity contribution in [3.05, 3.63) is 72.2 Å². The maximum Gasteiger partial charge on any atom is 0.250 e. The van der Waals surface area contributed by atoms with E-state index in [4.69, 9.17) is 9.47 Å². The number of fused-ring (bicyclic) bond motifs is 4. The molecule has 3 aromatic heterocycles. The molecule has 0 saturated carbocycles. The topological polar surface area (TPSA) is 55.3 Å². The third kappa shape index (κ3) is 2.61. The number of rotatable bonds is 5. The average Bonchev–Trinajstić information content (AvgIpc) is 3.26. The molecule has 146 valence electrons. The molecule has 5 aromatic rings. The Hall–Kier alpha value is -3.35. The molecule has 0 aliphatic heterocycles. The van der Waals surface area contributed by atoms with Gasteiger partial charge in [-0.2, -0.15) is 4.73 Å². The maximum absolute atomic E-state index is 13.1. The van der Waals surface area contributed by atoms with E-state index in [2.05, 4.69) is 16.7 Å². The van der Waals surface area contributed by atoms with Crippen molar-refractivity contribution in [1.82, 2.24) is 9.13 Å². The predicted molar refractivity (Wildman–Crippen MR) is 113 cm³/mol. The minimum Gasteiger partial charge on any atom is -0.618 e. The highest BCUT2D eigenvalue weighted by Crippen LogP contribution is 2.37. The Morgan fingerprint density at radius 2 is 1.52 bits per heavy atom. The van der Waals surface area contributed by atoms with Crippen LogP contribution >= 0.6 is 0 Å². The molecule has 29 heavy (non-hydrogen) atoms.